The van der Waals surface area contributed by atoms with Gasteiger partial charge in [0.2, 0.25) is 5.91 Å². The molecule has 10 rings (SSSR count). The lowest BCUT2D eigenvalue weighted by molar-refractivity contribution is -0.117. The van der Waals surface area contributed by atoms with Crippen LogP contribution in [0.3, 0.4) is 0 Å². The molecule has 2 aliphatic carbocycles. The van der Waals surface area contributed by atoms with Crippen LogP contribution in [0.4, 0.5) is 16.2 Å². The molecule has 2 saturated carbocycles. The number of hydrogen-bond acceptors (Lipinski definition) is 6. The van der Waals surface area contributed by atoms with Gasteiger partial charge in [0.05, 0.1) is 36.6 Å². The van der Waals surface area contributed by atoms with Crippen LogP contribution in [-0.4, -0.2) is 82.5 Å². The molecule has 77 heavy (non-hydrogen) atoms. The zero-order valence-electron chi connectivity index (χ0n) is 45.7. The number of carbonyl (C=O) groups is 4. The van der Waals surface area contributed by atoms with Crippen LogP contribution in [0.2, 0.25) is 0 Å². The van der Waals surface area contributed by atoms with E-state index in [1.807, 2.05) is 125 Å². The van der Waals surface area contributed by atoms with Crippen LogP contribution in [0.25, 0.3) is 44.1 Å². The lowest BCUT2D eigenvalue weighted by Gasteiger charge is -2.26. The summed E-state index contributed by atoms with van der Waals surface area (Å²) in [6, 6.07) is 43.0. The Morgan fingerprint density at radius 3 is 1.45 bits per heavy atom. The van der Waals surface area contributed by atoms with E-state index in [1.165, 1.54) is 11.1 Å². The summed E-state index contributed by atoms with van der Waals surface area (Å²) in [4.78, 5) is 55.5. The number of nitrogens with one attached hydrogen (secondary N) is 1. The van der Waals surface area contributed by atoms with Gasteiger partial charge in [0.15, 0.2) is 0 Å². The van der Waals surface area contributed by atoms with Gasteiger partial charge in [0.25, 0.3) is 0 Å². The maximum Gasteiger partial charge on any atom is 0.353 e. The van der Waals surface area contributed by atoms with Gasteiger partial charge in [-0.15, -0.1) is 0 Å². The van der Waals surface area contributed by atoms with E-state index in [-0.39, 0.29) is 46.1 Å². The summed E-state index contributed by atoms with van der Waals surface area (Å²) in [5, 5.41) is 25.8. The van der Waals surface area contributed by atoms with Crippen molar-refractivity contribution in [3.63, 3.8) is 0 Å². The zero-order valence-corrected chi connectivity index (χ0v) is 45.7. The third-order valence-electron chi connectivity index (χ3n) is 14.8. The summed E-state index contributed by atoms with van der Waals surface area (Å²) in [5.41, 5.74) is 10.1. The Bertz CT molecular complexity index is 3530. The smallest absolute Gasteiger partial charge is 0.353 e. The first kappa shape index (κ1) is 53.5. The van der Waals surface area contributed by atoms with Gasteiger partial charge in [-0.3, -0.25) is 9.69 Å². The van der Waals surface area contributed by atoms with Gasteiger partial charge in [-0.25, -0.2) is 14.4 Å². The number of aromatic nitrogens is 2. The van der Waals surface area contributed by atoms with Crippen molar-refractivity contribution in [3.8, 4) is 33.8 Å². The molecule has 13 nitrogen and oxygen atoms in total. The standard InChI is InChI=1S/C33H37N3O4.C31H32N2O4/c1-33(2,3)23-15-13-22(14-16-23)28-26-11-8-12-27(35(5)32(39)34(4)24-17-18-24)29(26)36(30(28)31(37)38)20-21-9-7-10-25(19-21)40-6;1-31(2,3)22-15-13-20(14-16-22)26-24-9-6-10-25(32-29(34)21-11-12-21)27(24)33(28(26)30(35)36)18-19-7-5-8-23(17-19)37-4/h7-16,19,24H,17-18,20H2,1-6H3,(H,37,38);5-10,13-17,21H,11-12,18H2,1-4H3,(H,32,34)(H,35,36). The number of aromatic carboxylic acids is 2. The Kier molecular flexibility index (Phi) is 14.8. The second-order valence-electron chi connectivity index (χ2n) is 22.4. The van der Waals surface area contributed by atoms with Gasteiger partial charge in [0.1, 0.15) is 22.9 Å². The molecule has 6 aromatic carbocycles. The fourth-order valence-electron chi connectivity index (χ4n) is 10.2. The predicted molar refractivity (Wildman–Crippen MR) is 306 cm³/mol. The molecular weight excluding hydrogens is 967 g/mol. The predicted octanol–water partition coefficient (Wildman–Crippen LogP) is 13.7. The first-order valence-corrected chi connectivity index (χ1v) is 26.2. The number of carboxylic acids is 2. The number of ether oxygens (including phenoxy) is 2. The van der Waals surface area contributed by atoms with Crippen molar-refractivity contribution >= 4 is 57.1 Å². The molecule has 0 bridgehead atoms. The van der Waals surface area contributed by atoms with E-state index in [2.05, 4.69) is 71.1 Å². The highest BCUT2D eigenvalue weighted by molar-refractivity contribution is 6.14. The highest BCUT2D eigenvalue weighted by Crippen LogP contribution is 2.43. The van der Waals surface area contributed by atoms with Gasteiger partial charge >= 0.3 is 18.0 Å². The van der Waals surface area contributed by atoms with Crippen LogP contribution in [0.5, 0.6) is 11.5 Å². The van der Waals surface area contributed by atoms with E-state index in [1.54, 1.807) is 31.1 Å². The van der Waals surface area contributed by atoms with E-state index < -0.39 is 11.9 Å². The maximum absolute atomic E-state index is 13.5. The van der Waals surface area contributed by atoms with Crippen LogP contribution in [0.15, 0.2) is 133 Å². The fraction of sp³-hybridized carbons (Fsp3) is 0.312. The first-order valence-electron chi connectivity index (χ1n) is 26.2. The number of nitrogens with zero attached hydrogens (tertiary/aromatic N) is 4. The van der Waals surface area contributed by atoms with E-state index in [4.69, 9.17) is 9.47 Å². The average Bonchev–Trinajstić information content (AvgIpc) is 4.42. The number of carboxylic acid groups (broad SMARTS) is 2. The first-order chi connectivity index (χ1) is 36.7. The number of methoxy groups -OCH3 is 2. The van der Waals surface area contributed by atoms with Crippen LogP contribution in [0.1, 0.15) is 110 Å². The van der Waals surface area contributed by atoms with E-state index >= 15 is 0 Å². The molecule has 398 valence electrons. The number of hydrogen-bond donors (Lipinski definition) is 3. The summed E-state index contributed by atoms with van der Waals surface area (Å²) >= 11 is 0. The minimum atomic E-state index is -1.02. The summed E-state index contributed by atoms with van der Waals surface area (Å²) in [6.07, 6.45) is 3.78. The quantitative estimate of drug-likeness (QED) is 0.0972. The number of rotatable bonds is 14. The summed E-state index contributed by atoms with van der Waals surface area (Å²) in [7, 11) is 6.81. The SMILES string of the molecule is COc1cccc(Cn2c(C(=O)O)c(-c3ccc(C(C)(C)C)cc3)c3cccc(N(C)C(=O)N(C)C4CC4)c32)c1.COc1cccc(Cn2c(C(=O)O)c(-c3ccc(C(C)(C)C)cc3)c3cccc(NC(=O)C4CC4)c32)c1. The zero-order chi connectivity index (χ0) is 55.1. The Balaban J connectivity index is 0.000000188. The molecule has 3 N–H and O–H groups in total. The topological polar surface area (TPSA) is 156 Å². The number of carbonyl (C=O) groups excluding carboxylic acids is 2. The molecule has 3 amide bonds. The van der Waals surface area contributed by atoms with E-state index in [0.717, 1.165) is 58.7 Å². The van der Waals surface area contributed by atoms with Crippen LogP contribution < -0.4 is 19.7 Å². The molecule has 2 heterocycles. The minimum Gasteiger partial charge on any atom is -0.497 e. The largest absolute Gasteiger partial charge is 0.497 e. The number of amides is 3. The molecule has 0 saturated heterocycles. The Hall–Kier alpha value is -8.32. The Labute approximate surface area is 450 Å². The van der Waals surface area contributed by atoms with Gasteiger partial charge in [-0.1, -0.05) is 139 Å². The second kappa shape index (κ2) is 21.4. The second-order valence-corrected chi connectivity index (χ2v) is 22.4. The van der Waals surface area contributed by atoms with Gasteiger partial charge < -0.3 is 39.0 Å². The summed E-state index contributed by atoms with van der Waals surface area (Å²) in [5.74, 6) is -0.638. The molecule has 0 unspecified atom stereocenters. The maximum atomic E-state index is 13.5. The highest BCUT2D eigenvalue weighted by Gasteiger charge is 2.35. The van der Waals surface area contributed by atoms with Crippen molar-refractivity contribution in [3.05, 3.63) is 167 Å². The van der Waals surface area contributed by atoms with Crippen LogP contribution >= 0.6 is 0 Å². The molecule has 0 spiro atoms. The van der Waals surface area contributed by atoms with Crippen molar-refractivity contribution < 1.29 is 38.9 Å². The van der Waals surface area contributed by atoms with Crippen molar-refractivity contribution in [1.29, 1.82) is 0 Å². The lowest BCUT2D eigenvalue weighted by atomic mass is 9.86. The molecule has 13 heteroatoms. The number of anilines is 2. The molecule has 0 radical (unpaired) electrons. The summed E-state index contributed by atoms with van der Waals surface area (Å²) in [6.45, 7) is 13.5. The van der Waals surface area contributed by atoms with Crippen molar-refractivity contribution in [2.75, 3.05) is 38.5 Å². The van der Waals surface area contributed by atoms with E-state index in [0.29, 0.717) is 58.1 Å². The van der Waals surface area contributed by atoms with E-state index in [9.17, 15) is 29.4 Å². The minimum absolute atomic E-state index is 0.0189. The third-order valence-corrected chi connectivity index (χ3v) is 14.8. The molecule has 0 atom stereocenters. The van der Waals surface area contributed by atoms with Crippen LogP contribution in [-0.2, 0) is 28.7 Å². The van der Waals surface area contributed by atoms with Gasteiger partial charge in [0, 0.05) is 61.0 Å². The monoisotopic (exact) mass is 1040 g/mol. The van der Waals surface area contributed by atoms with Gasteiger partial charge in [-0.05, 0) is 106 Å². The fourth-order valence-corrected chi connectivity index (χ4v) is 10.2. The normalized spacial score (nSPS) is 13.4. The number of benzene rings is 6. The highest BCUT2D eigenvalue weighted by atomic mass is 16.5. The van der Waals surface area contributed by atoms with Gasteiger partial charge in [-0.2, -0.15) is 0 Å². The average molecular weight is 1040 g/mol. The summed E-state index contributed by atoms with van der Waals surface area (Å²) < 4.78 is 14.5. The molecule has 2 fully saturated rings. The number of para-hydroxylation sites is 2. The molecule has 2 aliphatic rings. The lowest BCUT2D eigenvalue weighted by Crippen LogP contribution is -2.40. The molecule has 2 aromatic heterocycles. The Morgan fingerprint density at radius 2 is 1.03 bits per heavy atom. The van der Waals surface area contributed by atoms with Crippen molar-refractivity contribution in [2.24, 2.45) is 5.92 Å². The number of fused-ring (bicyclic) bond motifs is 2. The number of urea groups is 1. The molecule has 8 aromatic rings. The van der Waals surface area contributed by atoms with Crippen molar-refractivity contribution in [2.45, 2.75) is 97.2 Å². The van der Waals surface area contributed by atoms with Crippen LogP contribution in [0, 0.1) is 5.92 Å². The van der Waals surface area contributed by atoms with Crippen molar-refractivity contribution in [1.82, 2.24) is 14.0 Å². The third kappa shape index (κ3) is 11.2. The molecular formula is C64H69N5O8. The molecule has 0 aliphatic heterocycles. The Morgan fingerprint density at radius 1 is 0.584 bits per heavy atom.